The van der Waals surface area contributed by atoms with Gasteiger partial charge in [0.25, 0.3) is 0 Å². The molecule has 0 saturated carbocycles. The number of aliphatic hydroxyl groups excluding tert-OH is 1. The van der Waals surface area contributed by atoms with Crippen molar-refractivity contribution in [3.8, 4) is 0 Å². The largest absolute Gasteiger partial charge is 0.409 e. The highest BCUT2D eigenvalue weighted by atomic mass is 16.4. The monoisotopic (exact) mass is 223 g/mol. The number of nitrogens with two attached hydrogens (primary N) is 1. The van der Waals surface area contributed by atoms with Gasteiger partial charge in [-0.05, 0) is 5.56 Å². The number of benzene rings is 1. The Balaban J connectivity index is 2.71. The van der Waals surface area contributed by atoms with Gasteiger partial charge in [0.1, 0.15) is 5.84 Å². The molecule has 0 fully saturated rings. The SMILES string of the molecule is NC(CC(NCCO)c1ccccc1)=NO. The fourth-order valence-electron chi connectivity index (χ4n) is 1.48. The summed E-state index contributed by atoms with van der Waals surface area (Å²) in [5, 5.41) is 23.4. The van der Waals surface area contributed by atoms with Crippen LogP contribution in [0.15, 0.2) is 35.5 Å². The van der Waals surface area contributed by atoms with Crippen LogP contribution < -0.4 is 11.1 Å². The molecule has 0 amide bonds. The molecule has 1 atom stereocenters. The Kier molecular flexibility index (Phi) is 5.31. The van der Waals surface area contributed by atoms with E-state index >= 15 is 0 Å². The van der Waals surface area contributed by atoms with Gasteiger partial charge >= 0.3 is 0 Å². The number of nitrogens with one attached hydrogen (secondary N) is 1. The van der Waals surface area contributed by atoms with Crippen molar-refractivity contribution in [3.63, 3.8) is 0 Å². The van der Waals surface area contributed by atoms with Crippen LogP contribution in [0.25, 0.3) is 0 Å². The van der Waals surface area contributed by atoms with E-state index in [-0.39, 0.29) is 18.5 Å². The summed E-state index contributed by atoms with van der Waals surface area (Å²) in [5.41, 5.74) is 6.52. The molecular formula is C11H17N3O2. The van der Waals surface area contributed by atoms with E-state index < -0.39 is 0 Å². The zero-order chi connectivity index (χ0) is 11.8. The number of nitrogens with zero attached hydrogens (tertiary/aromatic N) is 1. The van der Waals surface area contributed by atoms with E-state index in [1.807, 2.05) is 30.3 Å². The van der Waals surface area contributed by atoms with Crippen molar-refractivity contribution in [3.05, 3.63) is 35.9 Å². The van der Waals surface area contributed by atoms with E-state index in [0.29, 0.717) is 13.0 Å². The number of hydrogen-bond acceptors (Lipinski definition) is 4. The lowest BCUT2D eigenvalue weighted by molar-refractivity contribution is 0.284. The molecule has 0 aliphatic heterocycles. The van der Waals surface area contributed by atoms with E-state index in [1.165, 1.54) is 0 Å². The van der Waals surface area contributed by atoms with Crippen molar-refractivity contribution in [1.82, 2.24) is 5.32 Å². The minimum Gasteiger partial charge on any atom is -0.409 e. The smallest absolute Gasteiger partial charge is 0.141 e. The maximum atomic E-state index is 8.78. The van der Waals surface area contributed by atoms with Crippen LogP contribution in [0.3, 0.4) is 0 Å². The summed E-state index contributed by atoms with van der Waals surface area (Å²) in [6, 6.07) is 9.64. The third kappa shape index (κ3) is 3.88. The minimum absolute atomic E-state index is 0.0516. The molecule has 1 unspecified atom stereocenters. The fraction of sp³-hybridized carbons (Fsp3) is 0.364. The maximum absolute atomic E-state index is 8.78. The molecule has 88 valence electrons. The maximum Gasteiger partial charge on any atom is 0.141 e. The van der Waals surface area contributed by atoms with Crippen LogP contribution >= 0.6 is 0 Å². The second kappa shape index (κ2) is 6.81. The molecule has 0 aliphatic rings. The lowest BCUT2D eigenvalue weighted by Gasteiger charge is -2.17. The van der Waals surface area contributed by atoms with Crippen molar-refractivity contribution in [2.75, 3.05) is 13.2 Å². The van der Waals surface area contributed by atoms with Gasteiger partial charge < -0.3 is 21.4 Å². The summed E-state index contributed by atoms with van der Waals surface area (Å²) in [5.74, 6) is 0.166. The molecule has 5 nitrogen and oxygen atoms in total. The molecule has 0 saturated heterocycles. The summed E-state index contributed by atoms with van der Waals surface area (Å²) in [4.78, 5) is 0. The predicted octanol–water partition coefficient (Wildman–Crippen LogP) is 0.446. The van der Waals surface area contributed by atoms with Crippen molar-refractivity contribution < 1.29 is 10.3 Å². The second-order valence-electron chi connectivity index (χ2n) is 3.44. The zero-order valence-electron chi connectivity index (χ0n) is 9.00. The first-order chi connectivity index (χ1) is 7.77. The lowest BCUT2D eigenvalue weighted by atomic mass is 10.0. The van der Waals surface area contributed by atoms with Crippen LogP contribution in [0.1, 0.15) is 18.0 Å². The van der Waals surface area contributed by atoms with E-state index in [1.54, 1.807) is 0 Å². The lowest BCUT2D eigenvalue weighted by Crippen LogP contribution is -2.28. The topological polar surface area (TPSA) is 90.9 Å². The molecule has 0 spiro atoms. The average Bonchev–Trinajstić information content (AvgIpc) is 2.35. The van der Waals surface area contributed by atoms with Crippen LogP contribution in [-0.4, -0.2) is 29.3 Å². The first kappa shape index (κ1) is 12.5. The van der Waals surface area contributed by atoms with E-state index in [9.17, 15) is 0 Å². The van der Waals surface area contributed by atoms with Crippen LogP contribution in [0.4, 0.5) is 0 Å². The van der Waals surface area contributed by atoms with Crippen molar-refractivity contribution in [2.45, 2.75) is 12.5 Å². The quantitative estimate of drug-likeness (QED) is 0.244. The molecule has 5 N–H and O–H groups in total. The van der Waals surface area contributed by atoms with Gasteiger partial charge in [0.2, 0.25) is 0 Å². The molecule has 16 heavy (non-hydrogen) atoms. The number of oxime groups is 1. The molecular weight excluding hydrogens is 206 g/mol. The average molecular weight is 223 g/mol. The first-order valence-electron chi connectivity index (χ1n) is 5.13. The molecule has 5 heteroatoms. The van der Waals surface area contributed by atoms with Gasteiger partial charge in [0, 0.05) is 19.0 Å². The van der Waals surface area contributed by atoms with Gasteiger partial charge in [-0.1, -0.05) is 35.5 Å². The Morgan fingerprint density at radius 3 is 2.62 bits per heavy atom. The molecule has 0 bridgehead atoms. The summed E-state index contributed by atoms with van der Waals surface area (Å²) in [6.45, 7) is 0.526. The standard InChI is InChI=1S/C11H17N3O2/c12-11(14-16)8-10(13-6-7-15)9-4-2-1-3-5-9/h1-5,10,13,15-16H,6-8H2,(H2,12,14). The molecule has 1 rings (SSSR count). The highest BCUT2D eigenvalue weighted by Gasteiger charge is 2.12. The molecule has 1 aromatic rings. The Morgan fingerprint density at radius 2 is 2.06 bits per heavy atom. The molecule has 0 aliphatic carbocycles. The number of rotatable bonds is 6. The summed E-state index contributed by atoms with van der Waals surface area (Å²) < 4.78 is 0. The van der Waals surface area contributed by atoms with Crippen LogP contribution in [0, 0.1) is 0 Å². The Hall–Kier alpha value is -1.59. The van der Waals surface area contributed by atoms with Crippen LogP contribution in [0.2, 0.25) is 0 Å². The number of aliphatic hydroxyl groups is 1. The summed E-state index contributed by atoms with van der Waals surface area (Å²) >= 11 is 0. The van der Waals surface area contributed by atoms with Gasteiger partial charge in [-0.15, -0.1) is 0 Å². The van der Waals surface area contributed by atoms with E-state index in [2.05, 4.69) is 10.5 Å². The molecule has 0 aromatic heterocycles. The minimum atomic E-state index is -0.0516. The predicted molar refractivity (Wildman–Crippen MR) is 62.3 cm³/mol. The van der Waals surface area contributed by atoms with Gasteiger partial charge in [-0.2, -0.15) is 0 Å². The summed E-state index contributed by atoms with van der Waals surface area (Å²) in [7, 11) is 0. The Bertz CT molecular complexity index is 327. The fourth-order valence-corrected chi connectivity index (χ4v) is 1.48. The van der Waals surface area contributed by atoms with Crippen molar-refractivity contribution in [2.24, 2.45) is 10.9 Å². The summed E-state index contributed by atoms with van der Waals surface area (Å²) in [6.07, 6.45) is 0.403. The van der Waals surface area contributed by atoms with Crippen LogP contribution in [-0.2, 0) is 0 Å². The molecule has 1 aromatic carbocycles. The van der Waals surface area contributed by atoms with Gasteiger partial charge in [-0.25, -0.2) is 0 Å². The van der Waals surface area contributed by atoms with Gasteiger partial charge in [0.05, 0.1) is 6.61 Å². The highest BCUT2D eigenvalue weighted by Crippen LogP contribution is 2.15. The van der Waals surface area contributed by atoms with Gasteiger partial charge in [-0.3, -0.25) is 0 Å². The number of amidine groups is 1. The zero-order valence-corrected chi connectivity index (χ0v) is 9.00. The molecule has 0 heterocycles. The third-order valence-electron chi connectivity index (χ3n) is 2.25. The van der Waals surface area contributed by atoms with E-state index in [4.69, 9.17) is 16.0 Å². The molecule has 0 radical (unpaired) electrons. The Labute approximate surface area is 94.6 Å². The second-order valence-corrected chi connectivity index (χ2v) is 3.44. The number of hydrogen-bond donors (Lipinski definition) is 4. The first-order valence-corrected chi connectivity index (χ1v) is 5.13. The van der Waals surface area contributed by atoms with Crippen molar-refractivity contribution >= 4 is 5.84 Å². The van der Waals surface area contributed by atoms with E-state index in [0.717, 1.165) is 5.56 Å². The Morgan fingerprint density at radius 1 is 1.38 bits per heavy atom. The van der Waals surface area contributed by atoms with Crippen LogP contribution in [0.5, 0.6) is 0 Å². The third-order valence-corrected chi connectivity index (χ3v) is 2.25. The van der Waals surface area contributed by atoms with Crippen molar-refractivity contribution in [1.29, 1.82) is 0 Å². The highest BCUT2D eigenvalue weighted by molar-refractivity contribution is 5.80. The normalized spacial score (nSPS) is 13.7. The van der Waals surface area contributed by atoms with Gasteiger partial charge in [0.15, 0.2) is 0 Å².